The van der Waals surface area contributed by atoms with Crippen molar-refractivity contribution in [2.24, 2.45) is 7.05 Å². The number of hydrogen-bond acceptors (Lipinski definition) is 3. The van der Waals surface area contributed by atoms with E-state index in [2.05, 4.69) is 46.4 Å². The second-order valence-electron chi connectivity index (χ2n) is 7.02. The molecule has 1 fully saturated rings. The summed E-state index contributed by atoms with van der Waals surface area (Å²) < 4.78 is 1.78. The molecule has 0 saturated carbocycles. The summed E-state index contributed by atoms with van der Waals surface area (Å²) >= 11 is 0. The van der Waals surface area contributed by atoms with E-state index in [-0.39, 0.29) is 11.8 Å². The summed E-state index contributed by atoms with van der Waals surface area (Å²) in [5, 5.41) is 7.47. The van der Waals surface area contributed by atoms with Crippen LogP contribution in [-0.4, -0.2) is 43.6 Å². The highest BCUT2D eigenvalue weighted by Gasteiger charge is 2.29. The summed E-state index contributed by atoms with van der Waals surface area (Å²) in [4.78, 5) is 18.9. The molecule has 0 bridgehead atoms. The number of nitrogens with one attached hydrogen (secondary N) is 1. The maximum absolute atomic E-state index is 12.8. The average Bonchev–Trinajstić information content (AvgIpc) is 3.31. The molecule has 1 atom stereocenters. The Morgan fingerprint density at radius 3 is 2.81 bits per heavy atom. The van der Waals surface area contributed by atoms with Gasteiger partial charge in [0.2, 0.25) is 0 Å². The Kier molecular flexibility index (Phi) is 4.32. The van der Waals surface area contributed by atoms with E-state index in [1.165, 1.54) is 5.56 Å². The van der Waals surface area contributed by atoms with Crippen molar-refractivity contribution in [2.75, 3.05) is 13.1 Å². The minimum atomic E-state index is -0.00130. The molecule has 0 spiro atoms. The van der Waals surface area contributed by atoms with Crippen molar-refractivity contribution in [2.45, 2.75) is 25.7 Å². The predicted molar refractivity (Wildman–Crippen MR) is 99.8 cm³/mol. The van der Waals surface area contributed by atoms with Crippen LogP contribution in [0.2, 0.25) is 0 Å². The third-order valence-electron chi connectivity index (χ3n) is 5.16. The Morgan fingerprint density at radius 1 is 1.27 bits per heavy atom. The third-order valence-corrected chi connectivity index (χ3v) is 5.16. The molecule has 1 amide bonds. The number of aryl methyl sites for hydroxylation is 2. The van der Waals surface area contributed by atoms with Gasteiger partial charge in [-0.1, -0.05) is 29.8 Å². The Bertz CT molecular complexity index is 908. The molecular formula is C20H23N5O. The fourth-order valence-corrected chi connectivity index (χ4v) is 3.68. The lowest BCUT2D eigenvalue weighted by Gasteiger charge is -2.32. The number of imidazole rings is 1. The summed E-state index contributed by atoms with van der Waals surface area (Å²) in [5.41, 5.74) is 4.64. The number of likely N-dealkylation sites (tertiary alicyclic amines) is 1. The lowest BCUT2D eigenvalue weighted by molar-refractivity contribution is 0.0690. The van der Waals surface area contributed by atoms with Crippen LogP contribution in [-0.2, 0) is 7.05 Å². The SMILES string of the molecule is Cc1ccc(-c2cn[nH]c2C2CCCN(C(=O)c3nccn3C)C2)cc1. The summed E-state index contributed by atoms with van der Waals surface area (Å²) in [6, 6.07) is 8.49. The standard InChI is InChI=1S/C20H23N5O/c1-14-5-7-15(8-6-14)17-12-22-23-18(17)16-4-3-10-25(13-16)20(26)19-21-9-11-24(19)2/h5-9,11-12,16H,3-4,10,13H2,1-2H3,(H,22,23). The highest BCUT2D eigenvalue weighted by atomic mass is 16.2. The zero-order valence-electron chi connectivity index (χ0n) is 15.1. The van der Waals surface area contributed by atoms with E-state index in [4.69, 9.17) is 0 Å². The molecule has 6 nitrogen and oxygen atoms in total. The second-order valence-corrected chi connectivity index (χ2v) is 7.02. The van der Waals surface area contributed by atoms with Gasteiger partial charge in [0.25, 0.3) is 5.91 Å². The number of aromatic nitrogens is 4. The molecule has 1 aromatic carbocycles. The maximum atomic E-state index is 12.8. The largest absolute Gasteiger partial charge is 0.335 e. The molecule has 0 aliphatic carbocycles. The van der Waals surface area contributed by atoms with Crippen LogP contribution in [0.5, 0.6) is 0 Å². The number of benzene rings is 1. The highest BCUT2D eigenvalue weighted by molar-refractivity contribution is 5.91. The van der Waals surface area contributed by atoms with E-state index in [0.29, 0.717) is 12.4 Å². The molecule has 3 aromatic rings. The average molecular weight is 349 g/mol. The number of piperidine rings is 1. The van der Waals surface area contributed by atoms with Crippen molar-refractivity contribution in [1.82, 2.24) is 24.6 Å². The molecule has 6 heteroatoms. The van der Waals surface area contributed by atoms with Gasteiger partial charge in [-0.15, -0.1) is 0 Å². The zero-order valence-corrected chi connectivity index (χ0v) is 15.1. The molecule has 134 valence electrons. The van der Waals surface area contributed by atoms with E-state index < -0.39 is 0 Å². The van der Waals surface area contributed by atoms with Crippen LogP contribution in [0.15, 0.2) is 42.9 Å². The molecule has 3 heterocycles. The minimum absolute atomic E-state index is 0.00130. The normalized spacial score (nSPS) is 17.5. The van der Waals surface area contributed by atoms with Gasteiger partial charge in [0.05, 0.1) is 6.20 Å². The first-order chi connectivity index (χ1) is 12.6. The predicted octanol–water partition coefficient (Wildman–Crippen LogP) is 3.14. The number of rotatable bonds is 3. The Morgan fingerprint density at radius 2 is 2.08 bits per heavy atom. The van der Waals surface area contributed by atoms with E-state index >= 15 is 0 Å². The number of nitrogens with zero attached hydrogens (tertiary/aromatic N) is 4. The first-order valence-electron chi connectivity index (χ1n) is 9.00. The van der Waals surface area contributed by atoms with Crippen LogP contribution in [0.4, 0.5) is 0 Å². The van der Waals surface area contributed by atoms with Gasteiger partial charge in [0.1, 0.15) is 0 Å². The molecule has 0 radical (unpaired) electrons. The summed E-state index contributed by atoms with van der Waals surface area (Å²) in [7, 11) is 1.85. The number of H-pyrrole nitrogens is 1. The van der Waals surface area contributed by atoms with Crippen LogP contribution in [0.3, 0.4) is 0 Å². The lowest BCUT2D eigenvalue weighted by Crippen LogP contribution is -2.40. The van der Waals surface area contributed by atoms with Gasteiger partial charge in [-0.2, -0.15) is 5.10 Å². The highest BCUT2D eigenvalue weighted by Crippen LogP contribution is 2.33. The topological polar surface area (TPSA) is 66.8 Å². The first kappa shape index (κ1) is 16.6. The quantitative estimate of drug-likeness (QED) is 0.790. The van der Waals surface area contributed by atoms with E-state index in [1.807, 2.05) is 18.1 Å². The Labute approximate surface area is 152 Å². The molecule has 1 unspecified atom stereocenters. The summed E-state index contributed by atoms with van der Waals surface area (Å²) in [5.74, 6) is 0.749. The van der Waals surface area contributed by atoms with Crippen molar-refractivity contribution in [3.8, 4) is 11.1 Å². The van der Waals surface area contributed by atoms with Gasteiger partial charge in [-0.3, -0.25) is 9.89 Å². The summed E-state index contributed by atoms with van der Waals surface area (Å²) in [6.45, 7) is 3.55. The van der Waals surface area contributed by atoms with Crippen LogP contribution in [0.1, 0.15) is 40.6 Å². The monoisotopic (exact) mass is 349 g/mol. The van der Waals surface area contributed by atoms with Crippen molar-refractivity contribution in [1.29, 1.82) is 0 Å². The first-order valence-corrected chi connectivity index (χ1v) is 9.00. The number of carbonyl (C=O) groups excluding carboxylic acids is 1. The van der Waals surface area contributed by atoms with Crippen molar-refractivity contribution in [3.63, 3.8) is 0 Å². The summed E-state index contributed by atoms with van der Waals surface area (Å²) in [6.07, 6.45) is 7.39. The molecule has 4 rings (SSSR count). The molecular weight excluding hydrogens is 326 g/mol. The van der Waals surface area contributed by atoms with Gasteiger partial charge in [-0.25, -0.2) is 4.98 Å². The molecule has 2 aromatic heterocycles. The van der Waals surface area contributed by atoms with E-state index in [0.717, 1.165) is 36.2 Å². The van der Waals surface area contributed by atoms with Crippen LogP contribution < -0.4 is 0 Å². The number of hydrogen-bond donors (Lipinski definition) is 1. The van der Waals surface area contributed by atoms with Gasteiger partial charge in [-0.05, 0) is 25.3 Å². The Balaban J connectivity index is 1.57. The fourth-order valence-electron chi connectivity index (χ4n) is 3.68. The third kappa shape index (κ3) is 3.03. The molecule has 1 saturated heterocycles. The molecule has 26 heavy (non-hydrogen) atoms. The fraction of sp³-hybridized carbons (Fsp3) is 0.350. The lowest BCUT2D eigenvalue weighted by atomic mass is 9.90. The Hall–Kier alpha value is -2.89. The van der Waals surface area contributed by atoms with Gasteiger partial charge >= 0.3 is 0 Å². The zero-order chi connectivity index (χ0) is 18.1. The van der Waals surface area contributed by atoms with Crippen LogP contribution in [0, 0.1) is 6.92 Å². The number of amides is 1. The van der Waals surface area contributed by atoms with Crippen molar-refractivity contribution < 1.29 is 4.79 Å². The smallest absolute Gasteiger partial charge is 0.289 e. The van der Waals surface area contributed by atoms with Crippen LogP contribution >= 0.6 is 0 Å². The second kappa shape index (κ2) is 6.78. The van der Waals surface area contributed by atoms with Gasteiger partial charge < -0.3 is 9.47 Å². The number of carbonyl (C=O) groups is 1. The number of aromatic amines is 1. The van der Waals surface area contributed by atoms with Crippen molar-refractivity contribution >= 4 is 5.91 Å². The van der Waals surface area contributed by atoms with Gasteiger partial charge in [0, 0.05) is 49.7 Å². The van der Waals surface area contributed by atoms with E-state index in [9.17, 15) is 4.79 Å². The molecule has 1 aliphatic rings. The van der Waals surface area contributed by atoms with Crippen LogP contribution in [0.25, 0.3) is 11.1 Å². The van der Waals surface area contributed by atoms with Crippen molar-refractivity contribution in [3.05, 3.63) is 59.9 Å². The minimum Gasteiger partial charge on any atom is -0.335 e. The molecule has 1 N–H and O–H groups in total. The maximum Gasteiger partial charge on any atom is 0.289 e. The molecule has 1 aliphatic heterocycles. The van der Waals surface area contributed by atoms with Gasteiger partial charge in [0.15, 0.2) is 5.82 Å². The van der Waals surface area contributed by atoms with E-state index in [1.54, 1.807) is 17.0 Å².